The summed E-state index contributed by atoms with van der Waals surface area (Å²) < 4.78 is 3.72. The molecule has 1 fully saturated rings. The molecule has 1 saturated carbocycles. The van der Waals surface area contributed by atoms with Gasteiger partial charge in [-0.15, -0.1) is 0 Å². The molecule has 1 amide bonds. The predicted molar refractivity (Wildman–Crippen MR) is 79.9 cm³/mol. The monoisotopic (exact) mass is 288 g/mol. The molecule has 0 saturated heterocycles. The first-order valence-corrected chi connectivity index (χ1v) is 7.50. The third-order valence-corrected chi connectivity index (χ3v) is 4.49. The van der Waals surface area contributed by atoms with Gasteiger partial charge in [0, 0.05) is 6.04 Å². The fourth-order valence-corrected chi connectivity index (χ4v) is 3.20. The van der Waals surface area contributed by atoms with Crippen LogP contribution in [0.15, 0.2) is 18.6 Å². The number of nitrogens with one attached hydrogen (secondary N) is 1. The summed E-state index contributed by atoms with van der Waals surface area (Å²) in [5.74, 6) is 0.144. The van der Waals surface area contributed by atoms with Gasteiger partial charge in [-0.2, -0.15) is 0 Å². The second-order valence-corrected chi connectivity index (χ2v) is 5.99. The van der Waals surface area contributed by atoms with Crippen LogP contribution in [-0.4, -0.2) is 21.6 Å². The highest BCUT2D eigenvalue weighted by atomic mass is 16.1. The van der Waals surface area contributed by atoms with E-state index in [9.17, 15) is 4.79 Å². The number of aryl methyl sites for hydroxylation is 1. The zero-order valence-corrected chi connectivity index (χ0v) is 12.5. The van der Waals surface area contributed by atoms with E-state index in [4.69, 9.17) is 5.73 Å². The molecule has 2 heterocycles. The molecule has 0 aliphatic heterocycles. The zero-order valence-electron chi connectivity index (χ0n) is 12.5. The number of fused-ring (bicyclic) bond motifs is 1. The van der Waals surface area contributed by atoms with Gasteiger partial charge in [0.25, 0.3) is 5.91 Å². The van der Waals surface area contributed by atoms with Crippen LogP contribution < -0.4 is 15.6 Å². The van der Waals surface area contributed by atoms with E-state index < -0.39 is 5.91 Å². The molecule has 2 aromatic rings. The Balaban J connectivity index is 2.07. The predicted octanol–water partition coefficient (Wildman–Crippen LogP) is 1.25. The Labute approximate surface area is 123 Å². The molecule has 0 spiro atoms. The number of carbonyl (C=O) groups is 1. The van der Waals surface area contributed by atoms with E-state index >= 15 is 0 Å². The second-order valence-electron chi connectivity index (χ2n) is 5.99. The minimum atomic E-state index is -0.447. The molecule has 21 heavy (non-hydrogen) atoms. The Morgan fingerprint density at radius 2 is 2.24 bits per heavy atom. The third-order valence-electron chi connectivity index (χ3n) is 4.49. The Hall–Kier alpha value is -2.11. The van der Waals surface area contributed by atoms with E-state index in [0.717, 1.165) is 17.8 Å². The minimum absolute atomic E-state index is 0.373. The number of amides is 1. The lowest BCUT2D eigenvalue weighted by atomic mass is 9.86. The topological polar surface area (TPSA) is 76.3 Å². The Kier molecular flexibility index (Phi) is 3.53. The largest absolute Gasteiger partial charge is 0.375 e. The van der Waals surface area contributed by atoms with Gasteiger partial charge in [-0.1, -0.05) is 29.4 Å². The molecule has 0 bridgehead atoms. The van der Waals surface area contributed by atoms with Gasteiger partial charge >= 0.3 is 5.65 Å². The number of hydrogen-bond donors (Lipinski definition) is 2. The van der Waals surface area contributed by atoms with Crippen LogP contribution in [0.5, 0.6) is 0 Å². The van der Waals surface area contributed by atoms with Crippen molar-refractivity contribution in [2.24, 2.45) is 18.7 Å². The van der Waals surface area contributed by atoms with Crippen LogP contribution in [0.1, 0.15) is 43.0 Å². The Bertz CT molecular complexity index is 678. The van der Waals surface area contributed by atoms with Crippen LogP contribution >= 0.6 is 0 Å². The van der Waals surface area contributed by atoms with E-state index in [1.54, 1.807) is 10.7 Å². The van der Waals surface area contributed by atoms with Crippen LogP contribution in [0, 0.1) is 5.92 Å². The van der Waals surface area contributed by atoms with E-state index in [1.165, 1.54) is 19.3 Å². The van der Waals surface area contributed by atoms with Crippen molar-refractivity contribution >= 4 is 17.2 Å². The normalized spacial score (nSPS) is 22.4. The highest BCUT2D eigenvalue weighted by molar-refractivity contribution is 6.00. The van der Waals surface area contributed by atoms with Crippen LogP contribution in [-0.2, 0) is 7.05 Å². The van der Waals surface area contributed by atoms with E-state index in [-0.39, 0.29) is 0 Å². The van der Waals surface area contributed by atoms with Crippen molar-refractivity contribution in [3.63, 3.8) is 0 Å². The van der Waals surface area contributed by atoms with Crippen LogP contribution in [0.4, 0.5) is 5.69 Å². The highest BCUT2D eigenvalue weighted by Gasteiger charge is 2.27. The molecule has 0 radical (unpaired) electrons. The number of hydrogen-bond acceptors (Lipinski definition) is 3. The highest BCUT2D eigenvalue weighted by Crippen LogP contribution is 2.29. The summed E-state index contributed by atoms with van der Waals surface area (Å²) in [6, 6.07) is 0.373. The van der Waals surface area contributed by atoms with Gasteiger partial charge < -0.3 is 11.1 Å². The van der Waals surface area contributed by atoms with Gasteiger partial charge in [-0.25, -0.2) is 4.57 Å². The Morgan fingerprint density at radius 1 is 1.48 bits per heavy atom. The maximum absolute atomic E-state index is 11.7. The smallest absolute Gasteiger partial charge is 0.331 e. The molecular weight excluding hydrogens is 266 g/mol. The number of nitrogens with two attached hydrogens (primary N) is 1. The minimum Gasteiger partial charge on any atom is -0.375 e. The number of imidazole rings is 1. The summed E-state index contributed by atoms with van der Waals surface area (Å²) in [5.41, 5.74) is 7.64. The average Bonchev–Trinajstić information content (AvgIpc) is 2.83. The van der Waals surface area contributed by atoms with Crippen molar-refractivity contribution in [3.8, 4) is 0 Å². The molecule has 112 valence electrons. The van der Waals surface area contributed by atoms with Gasteiger partial charge in [-0.05, 0) is 18.8 Å². The van der Waals surface area contributed by atoms with Crippen molar-refractivity contribution in [3.05, 3.63) is 24.2 Å². The number of rotatable bonds is 3. The van der Waals surface area contributed by atoms with Crippen molar-refractivity contribution in [2.45, 2.75) is 38.6 Å². The van der Waals surface area contributed by atoms with Crippen LogP contribution in [0.2, 0.25) is 0 Å². The maximum atomic E-state index is 11.7. The summed E-state index contributed by atoms with van der Waals surface area (Å²) in [7, 11) is 1.94. The second kappa shape index (κ2) is 5.35. The molecule has 1 aliphatic rings. The first kappa shape index (κ1) is 13.9. The number of anilines is 1. The fourth-order valence-electron chi connectivity index (χ4n) is 3.20. The fraction of sp³-hybridized carbons (Fsp3) is 0.533. The molecular formula is C15H22N5O+. The van der Waals surface area contributed by atoms with E-state index in [0.29, 0.717) is 17.5 Å². The molecule has 2 aromatic heterocycles. The maximum Gasteiger partial charge on any atom is 0.331 e. The summed E-state index contributed by atoms with van der Waals surface area (Å²) >= 11 is 0. The molecule has 2 unspecified atom stereocenters. The molecule has 0 aromatic carbocycles. The lowest BCUT2D eigenvalue weighted by Gasteiger charge is -2.30. The lowest BCUT2D eigenvalue weighted by molar-refractivity contribution is -0.644. The number of nitrogens with zero attached hydrogens (tertiary/aromatic N) is 3. The molecule has 3 rings (SSSR count). The Morgan fingerprint density at radius 3 is 2.95 bits per heavy atom. The van der Waals surface area contributed by atoms with Gasteiger partial charge in [0.15, 0.2) is 6.20 Å². The third kappa shape index (κ3) is 2.46. The quantitative estimate of drug-likeness (QED) is 0.835. The van der Waals surface area contributed by atoms with Crippen molar-refractivity contribution in [1.29, 1.82) is 0 Å². The zero-order chi connectivity index (χ0) is 15.0. The molecule has 6 heteroatoms. The molecule has 6 nitrogen and oxygen atoms in total. The summed E-state index contributed by atoms with van der Waals surface area (Å²) in [6.07, 6.45) is 10.2. The van der Waals surface area contributed by atoms with Crippen LogP contribution in [0.25, 0.3) is 5.65 Å². The first-order valence-electron chi connectivity index (χ1n) is 7.50. The van der Waals surface area contributed by atoms with E-state index in [2.05, 4.69) is 17.3 Å². The SMILES string of the molecule is CC1CCCCC1Nc1c(C(N)=O)cnn2cc[n+](C)c12. The standard InChI is InChI=1S/C15H21N5O/c1-10-5-3-4-6-12(10)18-13-11(14(16)21)9-17-20-8-7-19(2)15(13)20/h7-10,12H,3-6H2,1-2H3,(H2-,16,17,18,21)/p+1. The summed E-state index contributed by atoms with van der Waals surface area (Å²) in [6.45, 7) is 2.26. The number of primary amides is 1. The summed E-state index contributed by atoms with van der Waals surface area (Å²) in [5, 5.41) is 7.82. The van der Waals surface area contributed by atoms with Crippen molar-refractivity contribution in [1.82, 2.24) is 9.61 Å². The molecule has 1 aliphatic carbocycles. The van der Waals surface area contributed by atoms with Crippen LogP contribution in [0.3, 0.4) is 0 Å². The summed E-state index contributed by atoms with van der Waals surface area (Å²) in [4.78, 5) is 11.7. The van der Waals surface area contributed by atoms with Gasteiger partial charge in [0.1, 0.15) is 11.9 Å². The van der Waals surface area contributed by atoms with Gasteiger partial charge in [-0.3, -0.25) is 4.79 Å². The van der Waals surface area contributed by atoms with Crippen molar-refractivity contribution < 1.29 is 9.36 Å². The molecule has 3 N–H and O–H groups in total. The first-order chi connectivity index (χ1) is 10.1. The number of carbonyl (C=O) groups excluding carboxylic acids is 1. The van der Waals surface area contributed by atoms with E-state index in [1.807, 2.05) is 24.0 Å². The van der Waals surface area contributed by atoms with Gasteiger partial charge in [0.05, 0.1) is 18.8 Å². The molecule has 2 atom stereocenters. The average molecular weight is 288 g/mol. The number of aromatic nitrogens is 3. The van der Waals surface area contributed by atoms with Gasteiger partial charge in [0.2, 0.25) is 0 Å². The lowest BCUT2D eigenvalue weighted by Crippen LogP contribution is -2.34. The van der Waals surface area contributed by atoms with Crippen molar-refractivity contribution in [2.75, 3.05) is 5.32 Å².